The van der Waals surface area contributed by atoms with Crippen LogP contribution in [0, 0.1) is 12.8 Å². The molecule has 39 heavy (non-hydrogen) atoms. The number of carbonyl (C=O) groups excluding carboxylic acids is 3. The van der Waals surface area contributed by atoms with Gasteiger partial charge in [0.05, 0.1) is 0 Å². The lowest BCUT2D eigenvalue weighted by Gasteiger charge is -2.36. The molecule has 0 heterocycles. The number of amides is 3. The van der Waals surface area contributed by atoms with Crippen molar-refractivity contribution in [2.24, 2.45) is 5.92 Å². The average molecular weight is 546 g/mol. The Morgan fingerprint density at radius 3 is 2.08 bits per heavy atom. The summed E-state index contributed by atoms with van der Waals surface area (Å²) < 4.78 is 5.47. The molecule has 0 aliphatic carbocycles. The highest BCUT2D eigenvalue weighted by Crippen LogP contribution is 2.27. The first-order valence-corrected chi connectivity index (χ1v) is 15.1. The number of nitrogens with one attached hydrogen (secondary N) is 2. The summed E-state index contributed by atoms with van der Waals surface area (Å²) in [5.41, 5.74) is 1.08. The molecule has 1 aromatic rings. The Morgan fingerprint density at radius 2 is 1.49 bits per heavy atom. The zero-order valence-corrected chi connectivity index (χ0v) is 25.9. The van der Waals surface area contributed by atoms with Gasteiger partial charge in [-0.3, -0.25) is 9.59 Å². The molecule has 0 saturated carbocycles. The molecular formula is C32H55N3O4. The van der Waals surface area contributed by atoms with Crippen LogP contribution in [0.2, 0.25) is 0 Å². The van der Waals surface area contributed by atoms with Crippen molar-refractivity contribution in [3.63, 3.8) is 0 Å². The summed E-state index contributed by atoms with van der Waals surface area (Å²) in [6.07, 6.45) is 8.75. The number of carbonyl (C=O) groups is 3. The van der Waals surface area contributed by atoms with Gasteiger partial charge in [-0.25, -0.2) is 4.79 Å². The fourth-order valence-electron chi connectivity index (χ4n) is 4.58. The highest BCUT2D eigenvalue weighted by atomic mass is 16.6. The van der Waals surface area contributed by atoms with Crippen LogP contribution in [-0.4, -0.2) is 47.5 Å². The molecule has 7 nitrogen and oxygen atoms in total. The molecule has 2 N–H and O–H groups in total. The molecule has 2 atom stereocenters. The minimum Gasteiger partial charge on any atom is -0.444 e. The largest absolute Gasteiger partial charge is 0.444 e. The van der Waals surface area contributed by atoms with Crippen LogP contribution < -0.4 is 10.6 Å². The molecule has 7 heteroatoms. The van der Waals surface area contributed by atoms with E-state index in [4.69, 9.17) is 4.74 Å². The Balaban J connectivity index is 3.38. The van der Waals surface area contributed by atoms with E-state index in [1.807, 2.05) is 45.0 Å². The summed E-state index contributed by atoms with van der Waals surface area (Å²) in [5, 5.41) is 5.90. The number of aryl methyl sites for hydroxylation is 1. The van der Waals surface area contributed by atoms with Crippen molar-refractivity contribution >= 4 is 17.9 Å². The predicted octanol–water partition coefficient (Wildman–Crippen LogP) is 7.08. The Bertz CT molecular complexity index is 878. The van der Waals surface area contributed by atoms with Gasteiger partial charge in [0, 0.05) is 13.1 Å². The van der Waals surface area contributed by atoms with Crippen LogP contribution in [0.1, 0.15) is 123 Å². The maximum Gasteiger partial charge on any atom is 0.408 e. The second kappa shape index (κ2) is 17.9. The van der Waals surface area contributed by atoms with Crippen molar-refractivity contribution in [1.82, 2.24) is 15.5 Å². The van der Waals surface area contributed by atoms with Gasteiger partial charge < -0.3 is 20.3 Å². The predicted molar refractivity (Wildman–Crippen MR) is 160 cm³/mol. The fourth-order valence-corrected chi connectivity index (χ4v) is 4.58. The first kappa shape index (κ1) is 34.5. The molecule has 0 spiro atoms. The van der Waals surface area contributed by atoms with E-state index in [1.54, 1.807) is 25.7 Å². The highest BCUT2D eigenvalue weighted by molar-refractivity contribution is 5.92. The van der Waals surface area contributed by atoms with Crippen molar-refractivity contribution < 1.29 is 19.1 Å². The summed E-state index contributed by atoms with van der Waals surface area (Å²) in [7, 11) is 0. The number of benzene rings is 1. The quantitative estimate of drug-likeness (QED) is 0.205. The van der Waals surface area contributed by atoms with Gasteiger partial charge in [0.1, 0.15) is 17.7 Å². The Labute approximate surface area is 237 Å². The third-order valence-corrected chi connectivity index (χ3v) is 6.76. The third-order valence-electron chi connectivity index (χ3n) is 6.76. The first-order chi connectivity index (χ1) is 18.4. The fraction of sp³-hybridized carbons (Fsp3) is 0.719. The lowest BCUT2D eigenvalue weighted by atomic mass is 9.95. The SMILES string of the molecule is CCCCCCCCN(C(=O)C(NC(=O)OC(C)(C)C)C(C)C)C(C(=O)NCCCCC)c1ccccc1C. The van der Waals surface area contributed by atoms with E-state index in [9.17, 15) is 14.4 Å². The summed E-state index contributed by atoms with van der Waals surface area (Å²) in [6, 6.07) is 6.15. The molecular weight excluding hydrogens is 490 g/mol. The maximum atomic E-state index is 14.2. The summed E-state index contributed by atoms with van der Waals surface area (Å²) >= 11 is 0. The first-order valence-electron chi connectivity index (χ1n) is 15.1. The van der Waals surface area contributed by atoms with Crippen molar-refractivity contribution in [2.45, 2.75) is 131 Å². The molecule has 0 saturated heterocycles. The number of ether oxygens (including phenoxy) is 1. The molecule has 0 bridgehead atoms. The molecule has 222 valence electrons. The van der Waals surface area contributed by atoms with E-state index in [0.717, 1.165) is 49.7 Å². The minimum absolute atomic E-state index is 0.181. The van der Waals surface area contributed by atoms with Crippen molar-refractivity contribution in [3.8, 4) is 0 Å². The van der Waals surface area contributed by atoms with Gasteiger partial charge in [0.2, 0.25) is 11.8 Å². The molecule has 3 amide bonds. The van der Waals surface area contributed by atoms with Crippen molar-refractivity contribution in [2.75, 3.05) is 13.1 Å². The van der Waals surface area contributed by atoms with Gasteiger partial charge in [0.15, 0.2) is 0 Å². The molecule has 0 radical (unpaired) electrons. The van der Waals surface area contributed by atoms with E-state index in [2.05, 4.69) is 24.5 Å². The summed E-state index contributed by atoms with van der Waals surface area (Å²) in [6.45, 7) is 16.5. The van der Waals surface area contributed by atoms with Crippen LogP contribution in [0.5, 0.6) is 0 Å². The van der Waals surface area contributed by atoms with Crippen molar-refractivity contribution in [1.29, 1.82) is 0 Å². The highest BCUT2D eigenvalue weighted by Gasteiger charge is 2.37. The van der Waals surface area contributed by atoms with Gasteiger partial charge in [-0.05, 0) is 57.6 Å². The maximum absolute atomic E-state index is 14.2. The minimum atomic E-state index is -0.820. The molecule has 0 aliphatic rings. The van der Waals surface area contributed by atoms with Crippen LogP contribution >= 0.6 is 0 Å². The monoisotopic (exact) mass is 545 g/mol. The number of unbranched alkanes of at least 4 members (excludes halogenated alkanes) is 7. The molecule has 0 fully saturated rings. The summed E-state index contributed by atoms with van der Waals surface area (Å²) in [4.78, 5) is 42.4. The van der Waals surface area contributed by atoms with Gasteiger partial charge >= 0.3 is 6.09 Å². The number of hydrogen-bond donors (Lipinski definition) is 2. The molecule has 1 aromatic carbocycles. The Morgan fingerprint density at radius 1 is 0.897 bits per heavy atom. The summed E-state index contributed by atoms with van der Waals surface area (Å²) in [5.74, 6) is -0.636. The Kier molecular flexibility index (Phi) is 15.8. The third kappa shape index (κ3) is 12.9. The van der Waals surface area contributed by atoms with Crippen LogP contribution in [0.4, 0.5) is 4.79 Å². The van der Waals surface area contributed by atoms with E-state index < -0.39 is 23.8 Å². The van der Waals surface area contributed by atoms with E-state index in [-0.39, 0.29) is 17.7 Å². The zero-order valence-electron chi connectivity index (χ0n) is 25.9. The number of nitrogens with zero attached hydrogens (tertiary/aromatic N) is 1. The smallest absolute Gasteiger partial charge is 0.408 e. The molecule has 2 unspecified atom stereocenters. The van der Waals surface area contributed by atoms with Gasteiger partial charge in [-0.1, -0.05) is 96.9 Å². The topological polar surface area (TPSA) is 87.7 Å². The van der Waals surface area contributed by atoms with Crippen LogP contribution in [0.15, 0.2) is 24.3 Å². The van der Waals surface area contributed by atoms with Crippen LogP contribution in [0.3, 0.4) is 0 Å². The lowest BCUT2D eigenvalue weighted by Crippen LogP contribution is -2.55. The normalized spacial score (nSPS) is 13.1. The van der Waals surface area contributed by atoms with Crippen molar-refractivity contribution in [3.05, 3.63) is 35.4 Å². The van der Waals surface area contributed by atoms with Crippen LogP contribution in [0.25, 0.3) is 0 Å². The Hall–Kier alpha value is -2.57. The van der Waals surface area contributed by atoms with Gasteiger partial charge in [0.25, 0.3) is 0 Å². The number of alkyl carbamates (subject to hydrolysis) is 1. The zero-order chi connectivity index (χ0) is 29.4. The molecule has 1 rings (SSSR count). The van der Waals surface area contributed by atoms with Gasteiger partial charge in [-0.2, -0.15) is 0 Å². The molecule has 0 aromatic heterocycles. The number of hydrogen-bond acceptors (Lipinski definition) is 4. The second-order valence-electron chi connectivity index (χ2n) is 11.9. The van der Waals surface area contributed by atoms with Gasteiger partial charge in [-0.15, -0.1) is 0 Å². The lowest BCUT2D eigenvalue weighted by molar-refractivity contribution is -0.143. The van der Waals surface area contributed by atoms with E-state index >= 15 is 0 Å². The number of rotatable bonds is 17. The standard InChI is InChI=1S/C32H55N3O4/c1-9-11-13-14-15-19-23-35(30(37)27(24(3)4)34-31(38)39-32(6,7)8)28(26-21-17-16-20-25(26)5)29(36)33-22-18-12-10-2/h16-17,20-21,24,27-28H,9-15,18-19,22-23H2,1-8H3,(H,33,36)(H,34,38). The van der Waals surface area contributed by atoms with E-state index in [0.29, 0.717) is 13.1 Å². The second-order valence-corrected chi connectivity index (χ2v) is 11.9. The van der Waals surface area contributed by atoms with Crippen LogP contribution in [-0.2, 0) is 14.3 Å². The van der Waals surface area contributed by atoms with E-state index in [1.165, 1.54) is 19.3 Å². The molecule has 0 aliphatic heterocycles. The average Bonchev–Trinajstić information content (AvgIpc) is 2.85.